The predicted octanol–water partition coefficient (Wildman–Crippen LogP) is 4.25. The number of piperazine rings is 1. The number of carbonyl (C=O) groups excluding carboxylic acids is 1. The third-order valence-electron chi connectivity index (χ3n) is 5.89. The van der Waals surface area contributed by atoms with Crippen molar-refractivity contribution in [3.05, 3.63) is 41.3 Å². The molecule has 0 N–H and O–H groups in total. The summed E-state index contributed by atoms with van der Waals surface area (Å²) in [4.78, 5) is 19.7. The maximum atomic E-state index is 14.0. The van der Waals surface area contributed by atoms with Crippen LogP contribution in [0.2, 0.25) is 0 Å². The van der Waals surface area contributed by atoms with E-state index in [0.29, 0.717) is 25.2 Å². The molecule has 1 amide bonds. The van der Waals surface area contributed by atoms with Crippen molar-refractivity contribution >= 4 is 11.7 Å². The highest BCUT2D eigenvalue weighted by molar-refractivity contribution is 5.77. The first-order chi connectivity index (χ1) is 15.1. The maximum absolute atomic E-state index is 14.0. The number of likely N-dealkylation sites (N-methyl/N-ethyl adjacent to an activating group) is 1. The number of anilines is 1. The molecule has 1 fully saturated rings. The van der Waals surface area contributed by atoms with Gasteiger partial charge < -0.3 is 14.7 Å². The van der Waals surface area contributed by atoms with Gasteiger partial charge in [0.2, 0.25) is 5.91 Å². The Bertz CT molecular complexity index is 925. The Morgan fingerprint density at radius 1 is 1.19 bits per heavy atom. The minimum atomic E-state index is -0.283. The van der Waals surface area contributed by atoms with Crippen LogP contribution in [0.25, 0.3) is 5.69 Å². The molecule has 3 rings (SSSR count). The minimum Gasteiger partial charge on any atom is -0.354 e. The molecular weight excluding hydrogens is 405 g/mol. The van der Waals surface area contributed by atoms with Crippen LogP contribution in [-0.2, 0) is 11.3 Å². The van der Waals surface area contributed by atoms with Gasteiger partial charge >= 0.3 is 0 Å². The quantitative estimate of drug-likeness (QED) is 0.642. The fourth-order valence-electron chi connectivity index (χ4n) is 4.18. The number of amides is 1. The van der Waals surface area contributed by atoms with Gasteiger partial charge in [0.05, 0.1) is 17.9 Å². The van der Waals surface area contributed by atoms with Crippen molar-refractivity contribution in [1.82, 2.24) is 19.6 Å². The molecule has 2 heterocycles. The highest BCUT2D eigenvalue weighted by Crippen LogP contribution is 2.31. The van der Waals surface area contributed by atoms with Crippen LogP contribution in [0, 0.1) is 18.2 Å². The molecule has 0 aliphatic carbocycles. The van der Waals surface area contributed by atoms with E-state index in [1.807, 2.05) is 22.6 Å². The molecular formula is C25H38FN5O. The summed E-state index contributed by atoms with van der Waals surface area (Å²) in [5.74, 6) is 0.863. The lowest BCUT2D eigenvalue weighted by Gasteiger charge is -2.35. The Balaban J connectivity index is 2.02. The van der Waals surface area contributed by atoms with Gasteiger partial charge in [0.15, 0.2) is 0 Å². The summed E-state index contributed by atoms with van der Waals surface area (Å²) in [5.41, 5.74) is 2.57. The average Bonchev–Trinajstić information content (AvgIpc) is 3.03. The molecule has 7 heteroatoms. The van der Waals surface area contributed by atoms with Crippen molar-refractivity contribution in [3.8, 4) is 5.69 Å². The largest absolute Gasteiger partial charge is 0.354 e. The van der Waals surface area contributed by atoms with Crippen LogP contribution in [0.4, 0.5) is 10.2 Å². The summed E-state index contributed by atoms with van der Waals surface area (Å²) >= 11 is 0. The average molecular weight is 444 g/mol. The van der Waals surface area contributed by atoms with Gasteiger partial charge in [0, 0.05) is 44.7 Å². The van der Waals surface area contributed by atoms with E-state index in [9.17, 15) is 9.18 Å². The van der Waals surface area contributed by atoms with E-state index in [-0.39, 0.29) is 17.1 Å². The lowest BCUT2D eigenvalue weighted by molar-refractivity contribution is -0.133. The van der Waals surface area contributed by atoms with E-state index in [4.69, 9.17) is 5.10 Å². The van der Waals surface area contributed by atoms with E-state index in [1.54, 1.807) is 6.07 Å². The van der Waals surface area contributed by atoms with Crippen molar-refractivity contribution in [3.63, 3.8) is 0 Å². The molecule has 1 aliphatic rings. The molecule has 32 heavy (non-hydrogen) atoms. The second-order valence-corrected chi connectivity index (χ2v) is 10.1. The third kappa shape index (κ3) is 5.88. The number of rotatable bonds is 7. The smallest absolute Gasteiger partial charge is 0.223 e. The van der Waals surface area contributed by atoms with Crippen molar-refractivity contribution in [1.29, 1.82) is 0 Å². The van der Waals surface area contributed by atoms with E-state index < -0.39 is 0 Å². The van der Waals surface area contributed by atoms with Crippen molar-refractivity contribution in [2.75, 3.05) is 44.7 Å². The van der Waals surface area contributed by atoms with Crippen LogP contribution in [0.15, 0.2) is 24.3 Å². The Hall–Kier alpha value is -2.41. The molecule has 1 aliphatic heterocycles. The first kappa shape index (κ1) is 24.2. The first-order valence-electron chi connectivity index (χ1n) is 11.6. The summed E-state index contributed by atoms with van der Waals surface area (Å²) < 4.78 is 15.9. The van der Waals surface area contributed by atoms with E-state index >= 15 is 0 Å². The van der Waals surface area contributed by atoms with Gasteiger partial charge in [-0.05, 0) is 44.0 Å². The van der Waals surface area contributed by atoms with Gasteiger partial charge in [-0.2, -0.15) is 5.10 Å². The van der Waals surface area contributed by atoms with Crippen molar-refractivity contribution < 1.29 is 9.18 Å². The van der Waals surface area contributed by atoms with Crippen LogP contribution >= 0.6 is 0 Å². The molecule has 0 atom stereocenters. The van der Waals surface area contributed by atoms with Crippen LogP contribution < -0.4 is 4.90 Å². The first-order valence-corrected chi connectivity index (χ1v) is 11.6. The second kappa shape index (κ2) is 10.0. The summed E-state index contributed by atoms with van der Waals surface area (Å²) in [6.07, 6.45) is 1.41. The zero-order valence-electron chi connectivity index (χ0n) is 20.5. The third-order valence-corrected chi connectivity index (χ3v) is 5.89. The number of hydrogen-bond donors (Lipinski definition) is 0. The molecule has 2 aromatic rings. The second-order valence-electron chi connectivity index (χ2n) is 10.1. The number of hydrogen-bond acceptors (Lipinski definition) is 4. The van der Waals surface area contributed by atoms with Crippen LogP contribution in [0.5, 0.6) is 0 Å². The normalized spacial score (nSPS) is 15.3. The molecule has 1 aromatic carbocycles. The van der Waals surface area contributed by atoms with Crippen molar-refractivity contribution in [2.45, 2.75) is 54.0 Å². The lowest BCUT2D eigenvalue weighted by Crippen LogP contribution is -2.45. The molecule has 0 unspecified atom stereocenters. The zero-order chi connectivity index (χ0) is 23.5. The molecule has 0 saturated carbocycles. The Morgan fingerprint density at radius 2 is 1.88 bits per heavy atom. The summed E-state index contributed by atoms with van der Waals surface area (Å²) in [7, 11) is 2.13. The van der Waals surface area contributed by atoms with E-state index in [0.717, 1.165) is 49.7 Å². The monoisotopic (exact) mass is 443 g/mol. The van der Waals surface area contributed by atoms with Crippen molar-refractivity contribution in [2.24, 2.45) is 5.41 Å². The highest BCUT2D eigenvalue weighted by Gasteiger charge is 2.28. The van der Waals surface area contributed by atoms with Gasteiger partial charge in [-0.1, -0.05) is 33.8 Å². The SMILES string of the molecule is CCCN(Cc1c(C)nn(-c2cccc(F)c2)c1N1CCN(C)CC1)C(=O)CC(C)(C)C. The van der Waals surface area contributed by atoms with Gasteiger partial charge in [-0.15, -0.1) is 0 Å². The molecule has 0 bridgehead atoms. The highest BCUT2D eigenvalue weighted by atomic mass is 19.1. The topological polar surface area (TPSA) is 44.6 Å². The summed E-state index contributed by atoms with van der Waals surface area (Å²) in [6.45, 7) is 15.2. The summed E-state index contributed by atoms with van der Waals surface area (Å²) in [5, 5.41) is 4.82. The van der Waals surface area contributed by atoms with E-state index in [1.165, 1.54) is 12.1 Å². The number of nitrogens with zero attached hydrogens (tertiary/aromatic N) is 5. The molecule has 0 radical (unpaired) electrons. The van der Waals surface area contributed by atoms with Gasteiger partial charge in [-0.3, -0.25) is 4.79 Å². The Kier molecular flexibility index (Phi) is 7.59. The molecule has 0 spiro atoms. The zero-order valence-corrected chi connectivity index (χ0v) is 20.5. The molecule has 1 saturated heterocycles. The Morgan fingerprint density at radius 3 is 2.47 bits per heavy atom. The fourth-order valence-corrected chi connectivity index (χ4v) is 4.18. The number of benzene rings is 1. The number of aryl methyl sites for hydroxylation is 1. The molecule has 1 aromatic heterocycles. The minimum absolute atomic E-state index is 0.0653. The fraction of sp³-hybridized carbons (Fsp3) is 0.600. The lowest BCUT2D eigenvalue weighted by atomic mass is 9.91. The standard InChI is InChI=1S/C25H38FN5O/c1-7-11-30(23(32)17-25(3,4)5)18-22-19(2)27-31(21-10-8-9-20(26)16-21)24(22)29-14-12-28(6)13-15-29/h8-10,16H,7,11-15,17-18H2,1-6H3. The van der Waals surface area contributed by atoms with Gasteiger partial charge in [0.1, 0.15) is 11.6 Å². The molecule has 176 valence electrons. The van der Waals surface area contributed by atoms with Crippen LogP contribution in [0.3, 0.4) is 0 Å². The van der Waals surface area contributed by atoms with Gasteiger partial charge in [0.25, 0.3) is 0 Å². The Labute approximate surface area is 192 Å². The van der Waals surface area contributed by atoms with Crippen LogP contribution in [-0.4, -0.2) is 65.3 Å². The van der Waals surface area contributed by atoms with Gasteiger partial charge in [-0.25, -0.2) is 9.07 Å². The van der Waals surface area contributed by atoms with Crippen LogP contribution in [0.1, 0.15) is 51.8 Å². The van der Waals surface area contributed by atoms with E-state index in [2.05, 4.69) is 44.5 Å². The molecule has 6 nitrogen and oxygen atoms in total. The maximum Gasteiger partial charge on any atom is 0.223 e. The predicted molar refractivity (Wildman–Crippen MR) is 128 cm³/mol. The number of halogens is 1. The summed E-state index contributed by atoms with van der Waals surface area (Å²) in [6, 6.07) is 6.56. The number of carbonyl (C=O) groups is 1. The number of aromatic nitrogens is 2.